The first-order chi connectivity index (χ1) is 8.65. The summed E-state index contributed by atoms with van der Waals surface area (Å²) in [5.41, 5.74) is 4.21. The Hall–Kier alpha value is -1.87. The van der Waals surface area contributed by atoms with Gasteiger partial charge in [0.25, 0.3) is 0 Å². The molecule has 1 heterocycles. The number of hydrogen-bond donors (Lipinski definition) is 1. The van der Waals surface area contributed by atoms with Crippen molar-refractivity contribution in [2.24, 2.45) is 0 Å². The summed E-state index contributed by atoms with van der Waals surface area (Å²) in [5, 5.41) is 10.6. The van der Waals surface area contributed by atoms with Gasteiger partial charge in [0.15, 0.2) is 0 Å². The normalized spacial score (nSPS) is 11.0. The zero-order valence-electron chi connectivity index (χ0n) is 10.3. The second-order valence-electron chi connectivity index (χ2n) is 4.44. The summed E-state index contributed by atoms with van der Waals surface area (Å²) in [6.45, 7) is 3.98. The number of para-hydroxylation sites is 1. The van der Waals surface area contributed by atoms with E-state index in [9.17, 15) is 5.11 Å². The first-order valence-electron chi connectivity index (χ1n) is 5.81. The summed E-state index contributed by atoms with van der Waals surface area (Å²) in [5.74, 6) is 0.330. The molecule has 90 valence electrons. The third-order valence-corrected chi connectivity index (χ3v) is 4.13. The Bertz CT molecular complexity index is 730. The molecule has 0 saturated carbocycles. The van der Waals surface area contributed by atoms with Gasteiger partial charge < -0.3 is 5.11 Å². The van der Waals surface area contributed by atoms with Crippen LogP contribution in [0, 0.1) is 13.8 Å². The number of hydrogen-bond acceptors (Lipinski definition) is 3. The van der Waals surface area contributed by atoms with Gasteiger partial charge in [0.05, 0.1) is 10.2 Å². The molecule has 0 fully saturated rings. The van der Waals surface area contributed by atoms with Gasteiger partial charge in [0.2, 0.25) is 0 Å². The van der Waals surface area contributed by atoms with Crippen LogP contribution >= 0.6 is 11.3 Å². The van der Waals surface area contributed by atoms with E-state index in [2.05, 4.69) is 25.1 Å². The van der Waals surface area contributed by atoms with Gasteiger partial charge in [-0.05, 0) is 49.2 Å². The van der Waals surface area contributed by atoms with Gasteiger partial charge in [0, 0.05) is 5.56 Å². The molecule has 0 aliphatic heterocycles. The van der Waals surface area contributed by atoms with Crippen LogP contribution in [0.5, 0.6) is 5.75 Å². The average molecular weight is 255 g/mol. The summed E-state index contributed by atoms with van der Waals surface area (Å²) in [4.78, 5) is 4.69. The van der Waals surface area contributed by atoms with Crippen molar-refractivity contribution in [3.63, 3.8) is 0 Å². The van der Waals surface area contributed by atoms with Crippen LogP contribution in [0.2, 0.25) is 0 Å². The molecule has 3 rings (SSSR count). The fourth-order valence-electron chi connectivity index (χ4n) is 2.00. The zero-order chi connectivity index (χ0) is 12.7. The van der Waals surface area contributed by atoms with Crippen LogP contribution in [-0.4, -0.2) is 10.1 Å². The van der Waals surface area contributed by atoms with Gasteiger partial charge in [0.1, 0.15) is 10.8 Å². The Morgan fingerprint density at radius 1 is 1.06 bits per heavy atom. The Labute approximate surface area is 110 Å². The zero-order valence-corrected chi connectivity index (χ0v) is 11.1. The van der Waals surface area contributed by atoms with Gasteiger partial charge in [-0.15, -0.1) is 11.3 Å². The lowest BCUT2D eigenvalue weighted by Crippen LogP contribution is -1.80. The highest BCUT2D eigenvalue weighted by Gasteiger charge is 2.08. The van der Waals surface area contributed by atoms with Gasteiger partial charge >= 0.3 is 0 Å². The molecule has 3 heteroatoms. The molecule has 0 amide bonds. The number of aromatic nitrogens is 1. The molecule has 0 atom stereocenters. The van der Waals surface area contributed by atoms with Gasteiger partial charge in [-0.2, -0.15) is 0 Å². The molecule has 1 N–H and O–H groups in total. The number of aromatic hydroxyl groups is 1. The lowest BCUT2D eigenvalue weighted by atomic mass is 10.1. The topological polar surface area (TPSA) is 33.1 Å². The first-order valence-corrected chi connectivity index (χ1v) is 6.63. The van der Waals surface area contributed by atoms with Crippen LogP contribution < -0.4 is 0 Å². The Morgan fingerprint density at radius 2 is 1.89 bits per heavy atom. The molecule has 0 aliphatic rings. The van der Waals surface area contributed by atoms with E-state index in [0.29, 0.717) is 5.75 Å². The van der Waals surface area contributed by atoms with Gasteiger partial charge in [-0.3, -0.25) is 0 Å². The lowest BCUT2D eigenvalue weighted by Gasteiger charge is -2.00. The summed E-state index contributed by atoms with van der Waals surface area (Å²) >= 11 is 1.69. The molecule has 2 nitrogen and oxygen atoms in total. The number of phenolic OH excluding ortho intramolecular Hbond substituents is 1. The fraction of sp³-hybridized carbons (Fsp3) is 0.133. The van der Waals surface area contributed by atoms with Crippen molar-refractivity contribution < 1.29 is 5.11 Å². The van der Waals surface area contributed by atoms with Crippen LogP contribution in [0.1, 0.15) is 11.1 Å². The van der Waals surface area contributed by atoms with Crippen molar-refractivity contribution in [2.75, 3.05) is 0 Å². The molecule has 0 bridgehead atoms. The Kier molecular flexibility index (Phi) is 2.56. The first kappa shape index (κ1) is 11.2. The predicted octanol–water partition coefficient (Wildman–Crippen LogP) is 4.29. The molecule has 0 unspecified atom stereocenters. The predicted molar refractivity (Wildman–Crippen MR) is 76.2 cm³/mol. The van der Waals surface area contributed by atoms with E-state index >= 15 is 0 Å². The molecule has 2 aromatic carbocycles. The Morgan fingerprint density at radius 3 is 2.61 bits per heavy atom. The van der Waals surface area contributed by atoms with E-state index in [1.165, 1.54) is 10.3 Å². The molecule has 0 spiro atoms. The number of fused-ring (bicyclic) bond motifs is 1. The third-order valence-electron chi connectivity index (χ3n) is 3.06. The van der Waals surface area contributed by atoms with Crippen molar-refractivity contribution >= 4 is 21.6 Å². The van der Waals surface area contributed by atoms with Crippen LogP contribution in [0.25, 0.3) is 20.8 Å². The monoisotopic (exact) mass is 255 g/mol. The maximum atomic E-state index is 9.56. The largest absolute Gasteiger partial charge is 0.508 e. The van der Waals surface area contributed by atoms with Crippen LogP contribution in [0.3, 0.4) is 0 Å². The SMILES string of the molecule is Cc1cc(-c2nc3c(C)cccc3s2)ccc1O. The second-order valence-corrected chi connectivity index (χ2v) is 5.47. The minimum absolute atomic E-state index is 0.330. The minimum Gasteiger partial charge on any atom is -0.508 e. The molecule has 0 radical (unpaired) electrons. The van der Waals surface area contributed by atoms with Gasteiger partial charge in [-0.25, -0.2) is 4.98 Å². The number of nitrogens with zero attached hydrogens (tertiary/aromatic N) is 1. The molecule has 0 aliphatic carbocycles. The van der Waals surface area contributed by atoms with E-state index in [1.807, 2.05) is 19.1 Å². The second kappa shape index (κ2) is 4.10. The van der Waals surface area contributed by atoms with Crippen LogP contribution in [0.15, 0.2) is 36.4 Å². The molecular formula is C15H13NOS. The highest BCUT2D eigenvalue weighted by Crippen LogP contribution is 2.33. The van der Waals surface area contributed by atoms with E-state index in [-0.39, 0.29) is 0 Å². The summed E-state index contributed by atoms with van der Waals surface area (Å²) in [7, 11) is 0. The molecular weight excluding hydrogens is 242 g/mol. The highest BCUT2D eigenvalue weighted by molar-refractivity contribution is 7.21. The fourth-order valence-corrected chi connectivity index (χ4v) is 3.04. The number of benzene rings is 2. The number of rotatable bonds is 1. The Balaban J connectivity index is 2.19. The quantitative estimate of drug-likeness (QED) is 0.703. The maximum absolute atomic E-state index is 9.56. The minimum atomic E-state index is 0.330. The standard InChI is InChI=1S/C15H13NOS/c1-9-4-3-5-13-14(9)16-15(18-13)11-6-7-12(17)10(2)8-11/h3-8,17H,1-2H3. The highest BCUT2D eigenvalue weighted by atomic mass is 32.1. The van der Waals surface area contributed by atoms with E-state index in [0.717, 1.165) is 21.7 Å². The summed E-state index contributed by atoms with van der Waals surface area (Å²) < 4.78 is 1.20. The summed E-state index contributed by atoms with van der Waals surface area (Å²) in [6, 6.07) is 11.8. The number of aryl methyl sites for hydroxylation is 2. The van der Waals surface area contributed by atoms with Crippen molar-refractivity contribution in [2.45, 2.75) is 13.8 Å². The molecule has 3 aromatic rings. The van der Waals surface area contributed by atoms with Crippen molar-refractivity contribution in [1.29, 1.82) is 0 Å². The van der Waals surface area contributed by atoms with E-state index in [1.54, 1.807) is 17.4 Å². The van der Waals surface area contributed by atoms with E-state index < -0.39 is 0 Å². The smallest absolute Gasteiger partial charge is 0.124 e. The van der Waals surface area contributed by atoms with Crippen molar-refractivity contribution in [1.82, 2.24) is 4.98 Å². The average Bonchev–Trinajstić information content (AvgIpc) is 2.78. The third kappa shape index (κ3) is 1.77. The lowest BCUT2D eigenvalue weighted by molar-refractivity contribution is 0.471. The van der Waals surface area contributed by atoms with Gasteiger partial charge in [-0.1, -0.05) is 12.1 Å². The van der Waals surface area contributed by atoms with E-state index in [4.69, 9.17) is 4.98 Å². The molecule has 1 aromatic heterocycles. The van der Waals surface area contributed by atoms with Crippen LogP contribution in [0.4, 0.5) is 0 Å². The summed E-state index contributed by atoms with van der Waals surface area (Å²) in [6.07, 6.45) is 0. The molecule has 0 saturated heterocycles. The van der Waals surface area contributed by atoms with Crippen LogP contribution in [-0.2, 0) is 0 Å². The maximum Gasteiger partial charge on any atom is 0.124 e. The number of phenols is 1. The number of thiazole rings is 1. The molecule has 18 heavy (non-hydrogen) atoms. The van der Waals surface area contributed by atoms with Crippen molar-refractivity contribution in [3.05, 3.63) is 47.5 Å². The van der Waals surface area contributed by atoms with Crippen molar-refractivity contribution in [3.8, 4) is 16.3 Å².